The number of carbonyl (C=O) groups is 1. The molecule has 0 aliphatic carbocycles. The van der Waals surface area contributed by atoms with E-state index >= 15 is 0 Å². The predicted molar refractivity (Wildman–Crippen MR) is 49.4 cm³/mol. The standard InChI is InChI=1S/C10H9NO3/c1-6(12)9-7(5-11)3-4-8(13)10(9)14-2/h3-4,13H,1-2H3. The molecular formula is C10H9NO3. The molecule has 1 aromatic carbocycles. The van der Waals surface area contributed by atoms with E-state index in [1.165, 1.54) is 26.2 Å². The van der Waals surface area contributed by atoms with E-state index in [0.717, 1.165) is 0 Å². The second-order valence-electron chi connectivity index (χ2n) is 2.71. The van der Waals surface area contributed by atoms with Gasteiger partial charge in [0.25, 0.3) is 0 Å². The highest BCUT2D eigenvalue weighted by molar-refractivity contribution is 6.00. The maximum atomic E-state index is 11.2. The minimum absolute atomic E-state index is 0.0524. The molecule has 0 amide bonds. The van der Waals surface area contributed by atoms with E-state index < -0.39 is 0 Å². The molecule has 4 heteroatoms. The van der Waals surface area contributed by atoms with Gasteiger partial charge in [0.2, 0.25) is 0 Å². The molecule has 0 fully saturated rings. The average molecular weight is 191 g/mol. The van der Waals surface area contributed by atoms with Gasteiger partial charge in [0, 0.05) is 0 Å². The lowest BCUT2D eigenvalue weighted by atomic mass is 10.0. The van der Waals surface area contributed by atoms with E-state index in [2.05, 4.69) is 0 Å². The lowest BCUT2D eigenvalue weighted by Crippen LogP contribution is -2.01. The second kappa shape index (κ2) is 3.79. The lowest BCUT2D eigenvalue weighted by Gasteiger charge is -2.08. The van der Waals surface area contributed by atoms with Crippen LogP contribution in [0.1, 0.15) is 22.8 Å². The molecule has 0 heterocycles. The van der Waals surface area contributed by atoms with Gasteiger partial charge in [-0.25, -0.2) is 0 Å². The molecular weight excluding hydrogens is 182 g/mol. The molecule has 0 spiro atoms. The van der Waals surface area contributed by atoms with E-state index in [9.17, 15) is 9.90 Å². The van der Waals surface area contributed by atoms with Crippen molar-refractivity contribution in [1.29, 1.82) is 5.26 Å². The Morgan fingerprint density at radius 1 is 1.57 bits per heavy atom. The summed E-state index contributed by atoms with van der Waals surface area (Å²) in [5.74, 6) is -0.400. The van der Waals surface area contributed by atoms with E-state index in [0.29, 0.717) is 0 Å². The highest BCUT2D eigenvalue weighted by Gasteiger charge is 2.17. The van der Waals surface area contributed by atoms with Crippen molar-refractivity contribution in [2.75, 3.05) is 7.11 Å². The van der Waals surface area contributed by atoms with E-state index in [1.54, 1.807) is 0 Å². The summed E-state index contributed by atoms with van der Waals surface area (Å²) in [7, 11) is 1.34. The van der Waals surface area contributed by atoms with E-state index in [-0.39, 0.29) is 28.4 Å². The minimum atomic E-state index is -0.311. The van der Waals surface area contributed by atoms with Gasteiger partial charge in [-0.15, -0.1) is 0 Å². The number of Topliss-reactive ketones (excluding diaryl/α,β-unsaturated/α-hetero) is 1. The van der Waals surface area contributed by atoms with Crippen LogP contribution in [-0.4, -0.2) is 18.0 Å². The number of hydrogen-bond acceptors (Lipinski definition) is 4. The van der Waals surface area contributed by atoms with Gasteiger partial charge in [-0.3, -0.25) is 4.79 Å². The van der Waals surface area contributed by atoms with Crippen molar-refractivity contribution >= 4 is 5.78 Å². The first-order valence-electron chi connectivity index (χ1n) is 3.92. The largest absolute Gasteiger partial charge is 0.504 e. The first-order valence-corrected chi connectivity index (χ1v) is 3.92. The van der Waals surface area contributed by atoms with Gasteiger partial charge in [0.1, 0.15) is 6.07 Å². The van der Waals surface area contributed by atoms with Gasteiger partial charge in [0.15, 0.2) is 17.3 Å². The normalized spacial score (nSPS) is 9.21. The number of phenolic OH excluding ortho intramolecular Hbond substituents is 1. The fraction of sp³-hybridized carbons (Fsp3) is 0.200. The molecule has 0 saturated heterocycles. The van der Waals surface area contributed by atoms with Crippen LogP contribution >= 0.6 is 0 Å². The fourth-order valence-corrected chi connectivity index (χ4v) is 1.22. The number of hydrogen-bond donors (Lipinski definition) is 1. The topological polar surface area (TPSA) is 70.3 Å². The third kappa shape index (κ3) is 1.52. The van der Waals surface area contributed by atoms with Crippen molar-refractivity contribution in [1.82, 2.24) is 0 Å². The number of benzene rings is 1. The molecule has 0 aliphatic rings. The molecule has 1 aromatic rings. The van der Waals surface area contributed by atoms with Crippen LogP contribution in [0.4, 0.5) is 0 Å². The third-order valence-electron chi connectivity index (χ3n) is 1.81. The number of carbonyl (C=O) groups excluding carboxylic acids is 1. The monoisotopic (exact) mass is 191 g/mol. The summed E-state index contributed by atoms with van der Waals surface area (Å²) < 4.78 is 4.86. The quantitative estimate of drug-likeness (QED) is 0.718. The van der Waals surface area contributed by atoms with Crippen LogP contribution in [0.25, 0.3) is 0 Å². The molecule has 72 valence electrons. The Morgan fingerprint density at radius 2 is 2.21 bits per heavy atom. The van der Waals surface area contributed by atoms with Gasteiger partial charge in [-0.05, 0) is 19.1 Å². The number of ketones is 1. The van der Waals surface area contributed by atoms with Crippen LogP contribution in [0.5, 0.6) is 11.5 Å². The zero-order valence-corrected chi connectivity index (χ0v) is 7.87. The maximum Gasteiger partial charge on any atom is 0.172 e. The van der Waals surface area contributed by atoms with Crippen molar-refractivity contribution < 1.29 is 14.6 Å². The molecule has 4 nitrogen and oxygen atoms in total. The summed E-state index contributed by atoms with van der Waals surface area (Å²) >= 11 is 0. The average Bonchev–Trinajstić information content (AvgIpc) is 2.17. The number of phenols is 1. The van der Waals surface area contributed by atoms with Crippen LogP contribution in [0.15, 0.2) is 12.1 Å². The van der Waals surface area contributed by atoms with Gasteiger partial charge < -0.3 is 9.84 Å². The maximum absolute atomic E-state index is 11.2. The molecule has 1 rings (SSSR count). The Kier molecular flexibility index (Phi) is 2.73. The van der Waals surface area contributed by atoms with Gasteiger partial charge in [-0.1, -0.05) is 0 Å². The zero-order chi connectivity index (χ0) is 10.7. The Hall–Kier alpha value is -2.02. The summed E-state index contributed by atoms with van der Waals surface area (Å²) in [6.45, 7) is 1.32. The zero-order valence-electron chi connectivity index (χ0n) is 7.87. The molecule has 0 atom stereocenters. The number of rotatable bonds is 2. The van der Waals surface area contributed by atoms with Crippen molar-refractivity contribution in [3.63, 3.8) is 0 Å². The SMILES string of the molecule is COc1c(O)ccc(C#N)c1C(C)=O. The van der Waals surface area contributed by atoms with Gasteiger partial charge in [0.05, 0.1) is 18.2 Å². The van der Waals surface area contributed by atoms with Crippen LogP contribution in [0, 0.1) is 11.3 Å². The van der Waals surface area contributed by atoms with Crippen molar-refractivity contribution in [2.24, 2.45) is 0 Å². The summed E-state index contributed by atoms with van der Waals surface area (Å²) in [6.07, 6.45) is 0. The Labute approximate surface area is 81.4 Å². The highest BCUT2D eigenvalue weighted by Crippen LogP contribution is 2.32. The van der Waals surface area contributed by atoms with E-state index in [4.69, 9.17) is 10.00 Å². The minimum Gasteiger partial charge on any atom is -0.504 e. The number of nitriles is 1. The number of methoxy groups -OCH3 is 1. The van der Waals surface area contributed by atoms with Crippen LogP contribution in [0.3, 0.4) is 0 Å². The second-order valence-corrected chi connectivity index (χ2v) is 2.71. The molecule has 0 saturated carbocycles. The van der Waals surface area contributed by atoms with Crippen molar-refractivity contribution in [2.45, 2.75) is 6.92 Å². The molecule has 0 aromatic heterocycles. The van der Waals surface area contributed by atoms with Crippen LogP contribution in [0.2, 0.25) is 0 Å². The first kappa shape index (κ1) is 10.1. The summed E-state index contributed by atoms with van der Waals surface area (Å²) in [5, 5.41) is 18.1. The molecule has 0 unspecified atom stereocenters. The van der Waals surface area contributed by atoms with Crippen LogP contribution in [-0.2, 0) is 0 Å². The fourth-order valence-electron chi connectivity index (χ4n) is 1.22. The smallest absolute Gasteiger partial charge is 0.172 e. The Balaban J connectivity index is 3.54. The number of nitrogens with zero attached hydrogens (tertiary/aromatic N) is 1. The summed E-state index contributed by atoms with van der Waals surface area (Å²) in [5.41, 5.74) is 0.321. The summed E-state index contributed by atoms with van der Waals surface area (Å²) in [4.78, 5) is 11.2. The van der Waals surface area contributed by atoms with Crippen molar-refractivity contribution in [3.05, 3.63) is 23.3 Å². The Bertz CT molecular complexity index is 418. The van der Waals surface area contributed by atoms with Crippen LogP contribution < -0.4 is 4.74 Å². The van der Waals surface area contributed by atoms with E-state index in [1.807, 2.05) is 6.07 Å². The molecule has 14 heavy (non-hydrogen) atoms. The molecule has 0 bridgehead atoms. The van der Waals surface area contributed by atoms with Gasteiger partial charge >= 0.3 is 0 Å². The molecule has 0 aliphatic heterocycles. The number of aromatic hydroxyl groups is 1. The lowest BCUT2D eigenvalue weighted by molar-refractivity contribution is 0.101. The predicted octanol–water partition coefficient (Wildman–Crippen LogP) is 1.48. The highest BCUT2D eigenvalue weighted by atomic mass is 16.5. The number of ether oxygens (including phenoxy) is 1. The van der Waals surface area contributed by atoms with Crippen molar-refractivity contribution in [3.8, 4) is 17.6 Å². The summed E-state index contributed by atoms with van der Waals surface area (Å²) in [6, 6.07) is 4.57. The Morgan fingerprint density at radius 3 is 2.64 bits per heavy atom. The molecule has 1 N–H and O–H groups in total. The van der Waals surface area contributed by atoms with Gasteiger partial charge in [-0.2, -0.15) is 5.26 Å². The molecule has 0 radical (unpaired) electrons. The third-order valence-corrected chi connectivity index (χ3v) is 1.81. The first-order chi connectivity index (χ1) is 6.61.